The van der Waals surface area contributed by atoms with E-state index in [1.165, 1.54) is 0 Å². The molecule has 3 nitrogen and oxygen atoms in total. The van der Waals surface area contributed by atoms with E-state index in [1.54, 1.807) is 0 Å². The number of primary amides is 1. The Balaban J connectivity index is 2.67. The lowest BCUT2D eigenvalue weighted by Crippen LogP contribution is -2.25. The van der Waals surface area contributed by atoms with E-state index in [1.807, 2.05) is 30.3 Å². The molecule has 3 N–H and O–H groups in total. The molecule has 0 aliphatic rings. The summed E-state index contributed by atoms with van der Waals surface area (Å²) in [6.45, 7) is 0. The van der Waals surface area contributed by atoms with E-state index >= 15 is 0 Å². The van der Waals surface area contributed by atoms with Crippen molar-refractivity contribution in [3.8, 4) is 0 Å². The molecule has 1 atom stereocenters. The molecular weight excluding hydrogens is 164 g/mol. The Morgan fingerprint density at radius 3 is 2.54 bits per heavy atom. The third kappa shape index (κ3) is 2.71. The summed E-state index contributed by atoms with van der Waals surface area (Å²) in [6, 6.07) is 9.54. The molecule has 3 heteroatoms. The van der Waals surface area contributed by atoms with Gasteiger partial charge in [0.15, 0.2) is 0 Å². The van der Waals surface area contributed by atoms with E-state index in [0.717, 1.165) is 11.8 Å². The van der Waals surface area contributed by atoms with Crippen molar-refractivity contribution in [3.63, 3.8) is 0 Å². The summed E-state index contributed by atoms with van der Waals surface area (Å²) in [5.74, 6) is -0.929. The molecule has 0 saturated carbocycles. The largest absolute Gasteiger partial charge is 0.369 e. The number of hydrogen-bond acceptors (Lipinski definition) is 2. The number of carbonyl (C=O) groups excluding carboxylic acids is 1. The summed E-state index contributed by atoms with van der Waals surface area (Å²) in [5.41, 5.74) is 6.13. The standard InChI is InChI=1S/C10H12N2O/c11-7-9(10(12)13)6-8-4-2-1-3-5-8/h1-5,7,9,11H,6H2,(H2,12,13). The van der Waals surface area contributed by atoms with Crippen molar-refractivity contribution in [2.45, 2.75) is 6.42 Å². The zero-order chi connectivity index (χ0) is 9.68. The number of rotatable bonds is 4. The van der Waals surface area contributed by atoms with Gasteiger partial charge in [0.25, 0.3) is 0 Å². The summed E-state index contributed by atoms with van der Waals surface area (Å²) in [7, 11) is 0. The maximum absolute atomic E-state index is 10.8. The zero-order valence-electron chi connectivity index (χ0n) is 7.23. The lowest BCUT2D eigenvalue weighted by atomic mass is 10.0. The number of nitrogens with two attached hydrogens (primary N) is 1. The summed E-state index contributed by atoms with van der Waals surface area (Å²) in [5, 5.41) is 7.01. The SMILES string of the molecule is N=CC(Cc1ccccc1)C(N)=O. The van der Waals surface area contributed by atoms with E-state index in [0.29, 0.717) is 6.42 Å². The van der Waals surface area contributed by atoms with Crippen LogP contribution in [-0.4, -0.2) is 12.1 Å². The van der Waals surface area contributed by atoms with Crippen molar-refractivity contribution >= 4 is 12.1 Å². The maximum atomic E-state index is 10.8. The Bertz CT molecular complexity index is 295. The molecule has 0 fully saturated rings. The third-order valence-electron chi connectivity index (χ3n) is 1.87. The number of carbonyl (C=O) groups is 1. The summed E-state index contributed by atoms with van der Waals surface area (Å²) in [6.07, 6.45) is 1.61. The van der Waals surface area contributed by atoms with Gasteiger partial charge in [0.2, 0.25) is 5.91 Å². The van der Waals surface area contributed by atoms with Gasteiger partial charge in [-0.1, -0.05) is 30.3 Å². The first-order valence-corrected chi connectivity index (χ1v) is 4.08. The molecule has 0 aliphatic heterocycles. The molecule has 0 spiro atoms. The molecular formula is C10H12N2O. The van der Waals surface area contributed by atoms with Crippen LogP contribution in [0.1, 0.15) is 5.56 Å². The lowest BCUT2D eigenvalue weighted by Gasteiger charge is -2.06. The molecule has 0 heterocycles. The highest BCUT2D eigenvalue weighted by Gasteiger charge is 2.11. The van der Waals surface area contributed by atoms with E-state index in [4.69, 9.17) is 11.1 Å². The fraction of sp³-hybridized carbons (Fsp3) is 0.200. The monoisotopic (exact) mass is 176 g/mol. The van der Waals surface area contributed by atoms with Crippen LogP contribution in [0.4, 0.5) is 0 Å². The number of benzene rings is 1. The second kappa shape index (κ2) is 4.40. The van der Waals surface area contributed by atoms with Crippen molar-refractivity contribution in [3.05, 3.63) is 35.9 Å². The Morgan fingerprint density at radius 1 is 1.46 bits per heavy atom. The smallest absolute Gasteiger partial charge is 0.226 e. The lowest BCUT2D eigenvalue weighted by molar-refractivity contribution is -0.119. The number of amides is 1. The molecule has 1 rings (SSSR count). The molecule has 13 heavy (non-hydrogen) atoms. The van der Waals surface area contributed by atoms with Crippen LogP contribution in [0.3, 0.4) is 0 Å². The van der Waals surface area contributed by atoms with Gasteiger partial charge in [0, 0.05) is 6.21 Å². The van der Waals surface area contributed by atoms with Gasteiger partial charge in [0.1, 0.15) is 0 Å². The highest BCUT2D eigenvalue weighted by molar-refractivity contribution is 5.91. The van der Waals surface area contributed by atoms with Crippen LogP contribution in [0.2, 0.25) is 0 Å². The summed E-state index contributed by atoms with van der Waals surface area (Å²) in [4.78, 5) is 10.8. The van der Waals surface area contributed by atoms with Crippen LogP contribution < -0.4 is 5.73 Å². The molecule has 1 amide bonds. The molecule has 0 radical (unpaired) electrons. The molecule has 0 aliphatic carbocycles. The average Bonchev–Trinajstić information content (AvgIpc) is 2.15. The predicted molar refractivity (Wildman–Crippen MR) is 51.6 cm³/mol. The second-order valence-electron chi connectivity index (χ2n) is 2.87. The third-order valence-corrected chi connectivity index (χ3v) is 1.87. The Labute approximate surface area is 77.1 Å². The van der Waals surface area contributed by atoms with Crippen LogP contribution >= 0.6 is 0 Å². The summed E-state index contributed by atoms with van der Waals surface area (Å²) >= 11 is 0. The van der Waals surface area contributed by atoms with Gasteiger partial charge in [-0.3, -0.25) is 4.79 Å². The van der Waals surface area contributed by atoms with Gasteiger partial charge in [0.05, 0.1) is 5.92 Å². The Hall–Kier alpha value is -1.64. The predicted octanol–water partition coefficient (Wildman–Crippen LogP) is 0.980. The van der Waals surface area contributed by atoms with Gasteiger partial charge in [-0.15, -0.1) is 0 Å². The van der Waals surface area contributed by atoms with Gasteiger partial charge in [-0.25, -0.2) is 0 Å². The zero-order valence-corrected chi connectivity index (χ0v) is 7.23. The van der Waals surface area contributed by atoms with Crippen molar-refractivity contribution in [1.82, 2.24) is 0 Å². The Kier molecular flexibility index (Phi) is 3.20. The van der Waals surface area contributed by atoms with Gasteiger partial charge in [-0.05, 0) is 12.0 Å². The minimum atomic E-state index is -0.484. The molecule has 1 aromatic rings. The van der Waals surface area contributed by atoms with Gasteiger partial charge < -0.3 is 11.1 Å². The minimum absolute atomic E-state index is 0.446. The van der Waals surface area contributed by atoms with Crippen LogP contribution in [-0.2, 0) is 11.2 Å². The van der Waals surface area contributed by atoms with E-state index in [9.17, 15) is 4.79 Å². The second-order valence-corrected chi connectivity index (χ2v) is 2.87. The van der Waals surface area contributed by atoms with Crippen molar-refractivity contribution in [2.24, 2.45) is 11.7 Å². The minimum Gasteiger partial charge on any atom is -0.369 e. The fourth-order valence-corrected chi connectivity index (χ4v) is 1.11. The normalized spacial score (nSPS) is 12.0. The molecule has 0 aromatic heterocycles. The molecule has 0 bridgehead atoms. The topological polar surface area (TPSA) is 66.9 Å². The van der Waals surface area contributed by atoms with Gasteiger partial charge in [-0.2, -0.15) is 0 Å². The average molecular weight is 176 g/mol. The first-order valence-electron chi connectivity index (χ1n) is 4.08. The highest BCUT2D eigenvalue weighted by Crippen LogP contribution is 2.06. The maximum Gasteiger partial charge on any atom is 0.226 e. The molecule has 0 saturated heterocycles. The summed E-state index contributed by atoms with van der Waals surface area (Å²) < 4.78 is 0. The molecule has 68 valence electrons. The first-order chi connectivity index (χ1) is 6.24. The quantitative estimate of drug-likeness (QED) is 0.660. The van der Waals surface area contributed by atoms with Crippen LogP contribution in [0.5, 0.6) is 0 Å². The molecule has 1 aromatic carbocycles. The van der Waals surface area contributed by atoms with Crippen LogP contribution in [0.25, 0.3) is 0 Å². The van der Waals surface area contributed by atoms with Crippen molar-refractivity contribution in [2.75, 3.05) is 0 Å². The first kappa shape index (κ1) is 9.45. The van der Waals surface area contributed by atoms with E-state index in [-0.39, 0.29) is 0 Å². The van der Waals surface area contributed by atoms with Gasteiger partial charge >= 0.3 is 0 Å². The van der Waals surface area contributed by atoms with Crippen LogP contribution in [0, 0.1) is 11.3 Å². The van der Waals surface area contributed by atoms with E-state index in [2.05, 4.69) is 0 Å². The highest BCUT2D eigenvalue weighted by atomic mass is 16.1. The number of nitrogens with one attached hydrogen (secondary N) is 1. The van der Waals surface area contributed by atoms with Crippen molar-refractivity contribution in [1.29, 1.82) is 5.41 Å². The van der Waals surface area contributed by atoms with Crippen molar-refractivity contribution < 1.29 is 4.79 Å². The number of hydrogen-bond donors (Lipinski definition) is 2. The fourth-order valence-electron chi connectivity index (χ4n) is 1.11. The van der Waals surface area contributed by atoms with E-state index < -0.39 is 11.8 Å². The molecule has 1 unspecified atom stereocenters. The van der Waals surface area contributed by atoms with Crippen LogP contribution in [0.15, 0.2) is 30.3 Å². The Morgan fingerprint density at radius 2 is 2.08 bits per heavy atom.